The first kappa shape index (κ1) is 11.3. The number of pyridine rings is 1. The van der Waals surface area contributed by atoms with Crippen LogP contribution in [0.15, 0.2) is 12.3 Å². The van der Waals surface area contributed by atoms with Crippen LogP contribution >= 0.6 is 0 Å². The van der Waals surface area contributed by atoms with E-state index in [9.17, 15) is 18.0 Å². The molecule has 0 aliphatic heterocycles. The molecule has 1 rings (SSSR count). The van der Waals surface area contributed by atoms with Crippen LogP contribution in [0.4, 0.5) is 19.0 Å². The van der Waals surface area contributed by atoms with Gasteiger partial charge in [0.1, 0.15) is 5.82 Å². The van der Waals surface area contributed by atoms with E-state index in [0.29, 0.717) is 6.07 Å². The van der Waals surface area contributed by atoms with Crippen molar-refractivity contribution in [1.82, 2.24) is 4.98 Å². The minimum Gasteiger partial charge on any atom is -0.481 e. The molecule has 0 aliphatic rings. The SMILES string of the molecule is Nc1ncc(CC(=O)O)cc1C(F)(F)F. The molecule has 0 radical (unpaired) electrons. The molecule has 1 aromatic heterocycles. The van der Waals surface area contributed by atoms with Gasteiger partial charge >= 0.3 is 12.1 Å². The molecule has 0 unspecified atom stereocenters. The molecule has 1 aromatic rings. The summed E-state index contributed by atoms with van der Waals surface area (Å²) in [6.07, 6.45) is -4.12. The van der Waals surface area contributed by atoms with Gasteiger partial charge in [0.25, 0.3) is 0 Å². The maximum atomic E-state index is 12.3. The van der Waals surface area contributed by atoms with Crippen molar-refractivity contribution >= 4 is 11.8 Å². The zero-order valence-electron chi connectivity index (χ0n) is 7.38. The number of nitrogens with two attached hydrogens (primary N) is 1. The summed E-state index contributed by atoms with van der Waals surface area (Å²) in [7, 11) is 0. The van der Waals surface area contributed by atoms with Crippen LogP contribution in [0.25, 0.3) is 0 Å². The highest BCUT2D eigenvalue weighted by Gasteiger charge is 2.34. The molecule has 0 aliphatic carbocycles. The third-order valence-electron chi connectivity index (χ3n) is 1.64. The van der Waals surface area contributed by atoms with Crippen molar-refractivity contribution in [1.29, 1.82) is 0 Å². The number of carboxylic acid groups (broad SMARTS) is 1. The molecule has 7 heteroatoms. The van der Waals surface area contributed by atoms with Gasteiger partial charge in [-0.3, -0.25) is 4.79 Å². The molecule has 82 valence electrons. The summed E-state index contributed by atoms with van der Waals surface area (Å²) in [5.41, 5.74) is 3.88. The van der Waals surface area contributed by atoms with Crippen molar-refractivity contribution in [2.75, 3.05) is 5.73 Å². The molecule has 15 heavy (non-hydrogen) atoms. The van der Waals surface area contributed by atoms with Gasteiger partial charge in [0.05, 0.1) is 12.0 Å². The number of nitrogen functional groups attached to an aromatic ring is 1. The normalized spacial score (nSPS) is 11.4. The topological polar surface area (TPSA) is 76.2 Å². The molecule has 0 atom stereocenters. The van der Waals surface area contributed by atoms with Gasteiger partial charge in [-0.15, -0.1) is 0 Å². The fourth-order valence-electron chi connectivity index (χ4n) is 1.02. The van der Waals surface area contributed by atoms with Crippen LogP contribution in [-0.4, -0.2) is 16.1 Å². The lowest BCUT2D eigenvalue weighted by Gasteiger charge is -2.09. The van der Waals surface area contributed by atoms with E-state index in [0.717, 1.165) is 6.20 Å². The molecule has 0 fully saturated rings. The molecular formula is C8H7F3N2O2. The molecule has 0 spiro atoms. The largest absolute Gasteiger partial charge is 0.481 e. The highest BCUT2D eigenvalue weighted by molar-refractivity contribution is 5.70. The van der Waals surface area contributed by atoms with Gasteiger partial charge in [0.15, 0.2) is 0 Å². The van der Waals surface area contributed by atoms with Crippen molar-refractivity contribution in [2.45, 2.75) is 12.6 Å². The summed E-state index contributed by atoms with van der Waals surface area (Å²) in [6.45, 7) is 0. The molecule has 4 nitrogen and oxygen atoms in total. The number of aromatic nitrogens is 1. The smallest absolute Gasteiger partial charge is 0.419 e. The summed E-state index contributed by atoms with van der Waals surface area (Å²) in [6, 6.07) is 0.691. The highest BCUT2D eigenvalue weighted by Crippen LogP contribution is 2.32. The Balaban J connectivity index is 3.11. The van der Waals surface area contributed by atoms with Gasteiger partial charge in [-0.2, -0.15) is 13.2 Å². The fourth-order valence-corrected chi connectivity index (χ4v) is 1.02. The van der Waals surface area contributed by atoms with Gasteiger partial charge < -0.3 is 10.8 Å². The second-order valence-electron chi connectivity index (χ2n) is 2.84. The van der Waals surface area contributed by atoms with Gasteiger partial charge in [-0.05, 0) is 11.6 Å². The summed E-state index contributed by atoms with van der Waals surface area (Å²) in [4.78, 5) is 13.6. The molecule has 0 saturated heterocycles. The third kappa shape index (κ3) is 2.83. The molecule has 0 aromatic carbocycles. The minimum atomic E-state index is -4.62. The molecule has 1 heterocycles. The predicted octanol–water partition coefficient (Wildman–Crippen LogP) is 1.31. The Labute approximate surface area is 82.5 Å². The maximum absolute atomic E-state index is 12.3. The van der Waals surface area contributed by atoms with E-state index in [2.05, 4.69) is 4.98 Å². The summed E-state index contributed by atoms with van der Waals surface area (Å²) < 4.78 is 36.9. The van der Waals surface area contributed by atoms with E-state index in [4.69, 9.17) is 10.8 Å². The van der Waals surface area contributed by atoms with Crippen LogP contribution in [0.2, 0.25) is 0 Å². The number of nitrogens with zero attached hydrogens (tertiary/aromatic N) is 1. The predicted molar refractivity (Wildman–Crippen MR) is 45.0 cm³/mol. The van der Waals surface area contributed by atoms with Gasteiger partial charge in [-0.1, -0.05) is 0 Å². The van der Waals surface area contributed by atoms with E-state index < -0.39 is 29.9 Å². The van der Waals surface area contributed by atoms with E-state index >= 15 is 0 Å². The van der Waals surface area contributed by atoms with Crippen LogP contribution in [0.3, 0.4) is 0 Å². The molecule has 0 saturated carbocycles. The standard InChI is InChI=1S/C8H7F3N2O2/c9-8(10,11)5-1-4(2-6(14)15)3-13-7(5)12/h1,3H,2H2,(H2,12,13)(H,14,15). The number of rotatable bonds is 2. The lowest BCUT2D eigenvalue weighted by molar-refractivity contribution is -0.138. The molecular weight excluding hydrogens is 213 g/mol. The Bertz CT molecular complexity index is 390. The highest BCUT2D eigenvalue weighted by atomic mass is 19.4. The number of hydrogen-bond donors (Lipinski definition) is 2. The Kier molecular flexibility index (Phi) is 2.83. The average Bonchev–Trinajstić information content (AvgIpc) is 2.05. The first-order valence-corrected chi connectivity index (χ1v) is 3.84. The molecule has 3 N–H and O–H groups in total. The van der Waals surface area contributed by atoms with E-state index in [-0.39, 0.29) is 5.56 Å². The number of carboxylic acids is 1. The lowest BCUT2D eigenvalue weighted by atomic mass is 10.1. The van der Waals surface area contributed by atoms with E-state index in [1.807, 2.05) is 0 Å². The number of halogens is 3. The third-order valence-corrected chi connectivity index (χ3v) is 1.64. The van der Waals surface area contributed by atoms with Crippen LogP contribution in [0.5, 0.6) is 0 Å². The zero-order chi connectivity index (χ0) is 11.6. The van der Waals surface area contributed by atoms with Crippen LogP contribution in [0.1, 0.15) is 11.1 Å². The molecule has 0 bridgehead atoms. The van der Waals surface area contributed by atoms with Crippen molar-refractivity contribution in [3.05, 3.63) is 23.4 Å². The summed E-state index contributed by atoms with van der Waals surface area (Å²) in [5, 5.41) is 8.39. The number of anilines is 1. The number of alkyl halides is 3. The van der Waals surface area contributed by atoms with Crippen molar-refractivity contribution in [3.8, 4) is 0 Å². The quantitative estimate of drug-likeness (QED) is 0.787. The van der Waals surface area contributed by atoms with Gasteiger partial charge in [0, 0.05) is 6.20 Å². The number of hydrogen-bond acceptors (Lipinski definition) is 3. The second-order valence-corrected chi connectivity index (χ2v) is 2.84. The Morgan fingerprint density at radius 2 is 2.13 bits per heavy atom. The van der Waals surface area contributed by atoms with Gasteiger partial charge in [-0.25, -0.2) is 4.98 Å². The van der Waals surface area contributed by atoms with Crippen LogP contribution in [-0.2, 0) is 17.4 Å². The number of aliphatic carboxylic acids is 1. The summed E-state index contributed by atoms with van der Waals surface area (Å²) >= 11 is 0. The zero-order valence-corrected chi connectivity index (χ0v) is 7.38. The van der Waals surface area contributed by atoms with Crippen molar-refractivity contribution in [2.24, 2.45) is 0 Å². The van der Waals surface area contributed by atoms with Crippen LogP contribution < -0.4 is 5.73 Å². The Hall–Kier alpha value is -1.79. The molecule has 0 amide bonds. The van der Waals surface area contributed by atoms with Crippen molar-refractivity contribution < 1.29 is 23.1 Å². The Morgan fingerprint density at radius 1 is 1.53 bits per heavy atom. The van der Waals surface area contributed by atoms with E-state index in [1.165, 1.54) is 0 Å². The van der Waals surface area contributed by atoms with Crippen LogP contribution in [0, 0.1) is 0 Å². The fraction of sp³-hybridized carbons (Fsp3) is 0.250. The average molecular weight is 220 g/mol. The van der Waals surface area contributed by atoms with Crippen molar-refractivity contribution in [3.63, 3.8) is 0 Å². The first-order chi connectivity index (χ1) is 6.80. The lowest BCUT2D eigenvalue weighted by Crippen LogP contribution is -2.12. The minimum absolute atomic E-state index is 0.0379. The first-order valence-electron chi connectivity index (χ1n) is 3.84. The summed E-state index contributed by atoms with van der Waals surface area (Å²) in [5.74, 6) is -1.88. The maximum Gasteiger partial charge on any atom is 0.419 e. The van der Waals surface area contributed by atoms with Gasteiger partial charge in [0.2, 0.25) is 0 Å². The second kappa shape index (κ2) is 3.76. The van der Waals surface area contributed by atoms with E-state index in [1.54, 1.807) is 0 Å². The monoisotopic (exact) mass is 220 g/mol. The number of carbonyl (C=O) groups is 1. The Morgan fingerprint density at radius 3 is 2.60 bits per heavy atom.